The molecule has 5 rings (SSSR count). The van der Waals surface area contributed by atoms with Crippen LogP contribution in [0.2, 0.25) is 0 Å². The summed E-state index contributed by atoms with van der Waals surface area (Å²) >= 11 is 0. The molecule has 0 aliphatic rings. The highest BCUT2D eigenvalue weighted by molar-refractivity contribution is 5.84. The summed E-state index contributed by atoms with van der Waals surface area (Å²) < 4.78 is 4.38. The van der Waals surface area contributed by atoms with Gasteiger partial charge < -0.3 is 0 Å². The number of aryl methyl sites for hydroxylation is 1. The molecule has 0 aliphatic heterocycles. The van der Waals surface area contributed by atoms with Gasteiger partial charge in [-0.3, -0.25) is 18.3 Å². The van der Waals surface area contributed by atoms with Gasteiger partial charge in [0.1, 0.15) is 5.65 Å². The summed E-state index contributed by atoms with van der Waals surface area (Å²) in [4.78, 5) is 30.1. The Morgan fingerprint density at radius 3 is 2.00 bits per heavy atom. The smallest absolute Gasteiger partial charge is 0.286 e. The molecule has 0 saturated carbocycles. The Bertz CT molecular complexity index is 1490. The first-order chi connectivity index (χ1) is 14.1. The zero-order valence-corrected chi connectivity index (χ0v) is 16.0. The van der Waals surface area contributed by atoms with Gasteiger partial charge in [-0.2, -0.15) is 0 Å². The van der Waals surface area contributed by atoms with Crippen LogP contribution in [0.1, 0.15) is 0 Å². The van der Waals surface area contributed by atoms with Gasteiger partial charge in [-0.1, -0.05) is 60.7 Å². The first-order valence-electron chi connectivity index (χ1n) is 9.29. The van der Waals surface area contributed by atoms with E-state index in [1.165, 1.54) is 11.6 Å². The van der Waals surface area contributed by atoms with Gasteiger partial charge in [-0.05, 0) is 28.8 Å². The number of benzene rings is 2. The topological polar surface area (TPSA) is 61.3 Å². The molecular weight excluding hydrogens is 364 g/mol. The summed E-state index contributed by atoms with van der Waals surface area (Å²) in [7, 11) is 3.13. The SMILES string of the molecule is Cn1c(=O)c2c(nc3cc(-c4ccccc4)cc(-c4ccccc4)n32)n(C)c1=O. The lowest BCUT2D eigenvalue weighted by Crippen LogP contribution is -2.37. The Balaban J connectivity index is 2.00. The first-order valence-corrected chi connectivity index (χ1v) is 9.29. The van der Waals surface area contributed by atoms with Crippen molar-refractivity contribution in [1.82, 2.24) is 18.5 Å². The number of pyridine rings is 1. The zero-order valence-electron chi connectivity index (χ0n) is 16.0. The van der Waals surface area contributed by atoms with Crippen molar-refractivity contribution in [3.05, 3.63) is 93.6 Å². The molecule has 142 valence electrons. The minimum atomic E-state index is -0.393. The Kier molecular flexibility index (Phi) is 3.74. The van der Waals surface area contributed by atoms with Crippen molar-refractivity contribution >= 4 is 16.8 Å². The second-order valence-corrected chi connectivity index (χ2v) is 7.04. The molecule has 0 spiro atoms. The highest BCUT2D eigenvalue weighted by Crippen LogP contribution is 2.30. The summed E-state index contributed by atoms with van der Waals surface area (Å²) in [6, 6.07) is 23.9. The Hall–Kier alpha value is -3.93. The van der Waals surface area contributed by atoms with Gasteiger partial charge in [0, 0.05) is 14.1 Å². The Labute approximate surface area is 165 Å². The van der Waals surface area contributed by atoms with Crippen molar-refractivity contribution in [2.75, 3.05) is 0 Å². The van der Waals surface area contributed by atoms with Crippen LogP contribution in [-0.4, -0.2) is 18.5 Å². The third kappa shape index (κ3) is 2.53. The first kappa shape index (κ1) is 17.2. The van der Waals surface area contributed by atoms with Crippen LogP contribution in [0, 0.1) is 0 Å². The fraction of sp³-hybridized carbons (Fsp3) is 0.0870. The number of nitrogens with zero attached hydrogens (tertiary/aromatic N) is 4. The van der Waals surface area contributed by atoms with Crippen molar-refractivity contribution in [2.24, 2.45) is 14.1 Å². The Morgan fingerprint density at radius 2 is 1.34 bits per heavy atom. The highest BCUT2D eigenvalue weighted by Gasteiger charge is 2.19. The van der Waals surface area contributed by atoms with E-state index in [1.54, 1.807) is 7.05 Å². The van der Waals surface area contributed by atoms with Gasteiger partial charge in [0.15, 0.2) is 11.2 Å². The van der Waals surface area contributed by atoms with E-state index in [0.717, 1.165) is 27.0 Å². The van der Waals surface area contributed by atoms with Crippen molar-refractivity contribution in [1.29, 1.82) is 0 Å². The number of hydrogen-bond donors (Lipinski definition) is 0. The number of rotatable bonds is 2. The van der Waals surface area contributed by atoms with E-state index in [0.29, 0.717) is 16.8 Å². The molecule has 0 aliphatic carbocycles. The lowest BCUT2D eigenvalue weighted by atomic mass is 10.0. The molecule has 0 saturated heterocycles. The monoisotopic (exact) mass is 382 g/mol. The van der Waals surface area contributed by atoms with Crippen LogP contribution in [0.15, 0.2) is 82.4 Å². The number of imidazole rings is 1. The predicted octanol–water partition coefficient (Wildman–Crippen LogP) is 3.22. The van der Waals surface area contributed by atoms with E-state index in [2.05, 4.69) is 11.1 Å². The second kappa shape index (κ2) is 6.31. The van der Waals surface area contributed by atoms with Gasteiger partial charge in [-0.15, -0.1) is 0 Å². The van der Waals surface area contributed by atoms with Gasteiger partial charge in [-0.25, -0.2) is 9.78 Å². The van der Waals surface area contributed by atoms with Crippen LogP contribution in [0.4, 0.5) is 0 Å². The van der Waals surface area contributed by atoms with Crippen molar-refractivity contribution in [3.63, 3.8) is 0 Å². The third-order valence-electron chi connectivity index (χ3n) is 5.28. The van der Waals surface area contributed by atoms with Crippen LogP contribution >= 0.6 is 0 Å². The van der Waals surface area contributed by atoms with E-state index in [-0.39, 0.29) is 5.56 Å². The molecule has 0 N–H and O–H groups in total. The average molecular weight is 382 g/mol. The lowest BCUT2D eigenvalue weighted by molar-refractivity contribution is 0.708. The van der Waals surface area contributed by atoms with Crippen molar-refractivity contribution in [2.45, 2.75) is 0 Å². The molecule has 6 nitrogen and oxygen atoms in total. The fourth-order valence-corrected chi connectivity index (χ4v) is 3.76. The van der Waals surface area contributed by atoms with Gasteiger partial charge >= 0.3 is 5.69 Å². The largest absolute Gasteiger partial charge is 0.332 e. The number of fused-ring (bicyclic) bond motifs is 3. The van der Waals surface area contributed by atoms with E-state index in [9.17, 15) is 9.59 Å². The summed E-state index contributed by atoms with van der Waals surface area (Å²) in [5.41, 5.74) is 4.50. The van der Waals surface area contributed by atoms with Crippen LogP contribution in [0.5, 0.6) is 0 Å². The van der Waals surface area contributed by atoms with Gasteiger partial charge in [0.2, 0.25) is 0 Å². The van der Waals surface area contributed by atoms with Crippen LogP contribution < -0.4 is 11.2 Å². The molecule has 0 bridgehead atoms. The molecule has 29 heavy (non-hydrogen) atoms. The molecule has 5 aromatic rings. The van der Waals surface area contributed by atoms with Crippen LogP contribution in [0.3, 0.4) is 0 Å². The maximum Gasteiger partial charge on any atom is 0.332 e. The summed E-state index contributed by atoms with van der Waals surface area (Å²) in [6.07, 6.45) is 0. The second-order valence-electron chi connectivity index (χ2n) is 7.04. The molecule has 6 heteroatoms. The molecule has 2 aromatic carbocycles. The minimum Gasteiger partial charge on any atom is -0.286 e. The maximum absolute atomic E-state index is 13.0. The van der Waals surface area contributed by atoms with Crippen LogP contribution in [-0.2, 0) is 14.1 Å². The molecule has 0 radical (unpaired) electrons. The molecule has 0 atom stereocenters. The molecule has 0 amide bonds. The van der Waals surface area contributed by atoms with E-state index >= 15 is 0 Å². The van der Waals surface area contributed by atoms with Crippen LogP contribution in [0.25, 0.3) is 39.2 Å². The average Bonchev–Trinajstić information content (AvgIpc) is 3.16. The third-order valence-corrected chi connectivity index (χ3v) is 5.28. The standard InChI is InChI=1S/C23H18N4O2/c1-25-21-20(22(28)26(2)23(25)29)27-18(16-11-7-4-8-12-16)13-17(14-19(27)24-21)15-9-5-3-6-10-15/h3-14H,1-2H3. The summed E-state index contributed by atoms with van der Waals surface area (Å²) in [6.45, 7) is 0. The quantitative estimate of drug-likeness (QED) is 0.471. The minimum absolute atomic E-state index is 0.361. The van der Waals surface area contributed by atoms with E-state index in [4.69, 9.17) is 0 Å². The fourth-order valence-electron chi connectivity index (χ4n) is 3.76. The normalized spacial score (nSPS) is 11.4. The molecule has 0 unspecified atom stereocenters. The maximum atomic E-state index is 13.0. The molecule has 0 fully saturated rings. The van der Waals surface area contributed by atoms with Crippen molar-refractivity contribution < 1.29 is 0 Å². The molecule has 3 aromatic heterocycles. The number of hydrogen-bond acceptors (Lipinski definition) is 3. The molecule has 3 heterocycles. The lowest BCUT2D eigenvalue weighted by Gasteiger charge is -2.11. The summed E-state index contributed by atoms with van der Waals surface area (Å²) in [5, 5.41) is 0. The predicted molar refractivity (Wildman–Crippen MR) is 114 cm³/mol. The van der Waals surface area contributed by atoms with Gasteiger partial charge in [0.25, 0.3) is 5.56 Å². The molecular formula is C23H18N4O2. The van der Waals surface area contributed by atoms with E-state index < -0.39 is 5.69 Å². The van der Waals surface area contributed by atoms with Gasteiger partial charge in [0.05, 0.1) is 5.69 Å². The summed E-state index contributed by atoms with van der Waals surface area (Å²) in [5.74, 6) is 0. The van der Waals surface area contributed by atoms with Crippen molar-refractivity contribution in [3.8, 4) is 22.4 Å². The van der Waals surface area contributed by atoms with E-state index in [1.807, 2.05) is 71.1 Å². The highest BCUT2D eigenvalue weighted by atomic mass is 16.2. The Morgan fingerprint density at radius 1 is 0.724 bits per heavy atom. The number of aromatic nitrogens is 4. The zero-order chi connectivity index (χ0) is 20.1.